The van der Waals surface area contributed by atoms with Crippen LogP contribution >= 0.6 is 11.8 Å². The van der Waals surface area contributed by atoms with Crippen molar-refractivity contribution in [1.82, 2.24) is 14.6 Å². The summed E-state index contributed by atoms with van der Waals surface area (Å²) < 4.78 is 12.7. The lowest BCUT2D eigenvalue weighted by Gasteiger charge is -2.11. The highest BCUT2D eigenvalue weighted by Gasteiger charge is 2.17. The van der Waals surface area contributed by atoms with Gasteiger partial charge in [-0.3, -0.25) is 9.20 Å². The highest BCUT2D eigenvalue weighted by atomic mass is 32.2. The van der Waals surface area contributed by atoms with Gasteiger partial charge in [-0.15, -0.1) is 10.2 Å². The molecule has 7 nitrogen and oxygen atoms in total. The highest BCUT2D eigenvalue weighted by molar-refractivity contribution is 7.99. The third-order valence-electron chi connectivity index (χ3n) is 5.09. The molecule has 30 heavy (non-hydrogen) atoms. The molecular weight excluding hydrogens is 400 g/mol. The Balaban J connectivity index is 1.40. The maximum Gasteiger partial charge on any atom is 0.234 e. The fraction of sp³-hybridized carbons (Fsp3) is 0.227. The number of amides is 1. The standard InChI is InChI=1S/C22H20N4O3S/c1-12-6-14(3)21-16(7-12)13(2)8-19-24-25-22(26(19)21)30-10-20(27)23-15-4-5-17-18(9-15)29-11-28-17/h4-9H,10-11H2,1-3H3,(H,23,27). The quantitative estimate of drug-likeness (QED) is 0.497. The Kier molecular flexibility index (Phi) is 4.51. The summed E-state index contributed by atoms with van der Waals surface area (Å²) in [4.78, 5) is 12.5. The van der Waals surface area contributed by atoms with Gasteiger partial charge in [-0.25, -0.2) is 0 Å². The van der Waals surface area contributed by atoms with Gasteiger partial charge in [0.05, 0.1) is 11.3 Å². The van der Waals surface area contributed by atoms with Gasteiger partial charge in [0.25, 0.3) is 0 Å². The number of thioether (sulfide) groups is 1. The number of nitrogens with one attached hydrogen (secondary N) is 1. The van der Waals surface area contributed by atoms with E-state index in [1.54, 1.807) is 18.2 Å². The third-order valence-corrected chi connectivity index (χ3v) is 6.01. The fourth-order valence-electron chi connectivity index (χ4n) is 3.81. The van der Waals surface area contributed by atoms with Crippen molar-refractivity contribution in [3.05, 3.63) is 53.1 Å². The highest BCUT2D eigenvalue weighted by Crippen LogP contribution is 2.34. The largest absolute Gasteiger partial charge is 0.454 e. The van der Waals surface area contributed by atoms with Crippen molar-refractivity contribution in [2.75, 3.05) is 17.9 Å². The number of aryl methyl sites for hydroxylation is 3. The SMILES string of the molecule is Cc1cc(C)c2c(c1)c(C)cc1nnc(SCC(=O)Nc3ccc4c(c3)OCO4)n12. The average molecular weight is 420 g/mol. The predicted octanol–water partition coefficient (Wildman–Crippen LogP) is 4.27. The molecule has 0 radical (unpaired) electrons. The van der Waals surface area contributed by atoms with Crippen LogP contribution in [0.5, 0.6) is 11.5 Å². The minimum atomic E-state index is -0.125. The van der Waals surface area contributed by atoms with E-state index in [1.165, 1.54) is 22.7 Å². The Morgan fingerprint density at radius 3 is 2.77 bits per heavy atom. The minimum Gasteiger partial charge on any atom is -0.454 e. The predicted molar refractivity (Wildman–Crippen MR) is 117 cm³/mol. The summed E-state index contributed by atoms with van der Waals surface area (Å²) in [6, 6.07) is 11.7. The Morgan fingerprint density at radius 1 is 1.07 bits per heavy atom. The van der Waals surface area contributed by atoms with Crippen LogP contribution in [0.1, 0.15) is 16.7 Å². The third kappa shape index (κ3) is 3.23. The van der Waals surface area contributed by atoms with Gasteiger partial charge < -0.3 is 14.8 Å². The van der Waals surface area contributed by atoms with Crippen LogP contribution in [0.4, 0.5) is 5.69 Å². The molecule has 0 atom stereocenters. The number of hydrogen-bond acceptors (Lipinski definition) is 6. The van der Waals surface area contributed by atoms with Crippen molar-refractivity contribution in [2.45, 2.75) is 25.9 Å². The van der Waals surface area contributed by atoms with Crippen LogP contribution in [0.15, 0.2) is 41.6 Å². The smallest absolute Gasteiger partial charge is 0.234 e. The number of nitrogens with zero attached hydrogens (tertiary/aromatic N) is 3. The van der Waals surface area contributed by atoms with Crippen molar-refractivity contribution in [1.29, 1.82) is 0 Å². The van der Waals surface area contributed by atoms with Crippen LogP contribution in [-0.4, -0.2) is 33.1 Å². The van der Waals surface area contributed by atoms with Crippen molar-refractivity contribution in [3.8, 4) is 11.5 Å². The molecule has 1 aliphatic heterocycles. The van der Waals surface area contributed by atoms with E-state index in [2.05, 4.69) is 48.4 Å². The maximum absolute atomic E-state index is 12.5. The van der Waals surface area contributed by atoms with Crippen molar-refractivity contribution >= 4 is 39.9 Å². The van der Waals surface area contributed by atoms with E-state index in [-0.39, 0.29) is 18.5 Å². The number of ether oxygens (including phenoxy) is 2. The lowest BCUT2D eigenvalue weighted by Crippen LogP contribution is -2.14. The van der Waals surface area contributed by atoms with Gasteiger partial charge in [-0.05, 0) is 56.2 Å². The molecule has 1 N–H and O–H groups in total. The molecule has 0 saturated carbocycles. The second kappa shape index (κ2) is 7.21. The van der Waals surface area contributed by atoms with E-state index in [9.17, 15) is 4.79 Å². The summed E-state index contributed by atoms with van der Waals surface area (Å²) in [6.07, 6.45) is 0. The first-order chi connectivity index (χ1) is 14.5. The van der Waals surface area contributed by atoms with E-state index in [0.717, 1.165) is 22.3 Å². The first kappa shape index (κ1) is 18.7. The maximum atomic E-state index is 12.5. The van der Waals surface area contributed by atoms with Crippen LogP contribution in [0.2, 0.25) is 0 Å². The number of rotatable bonds is 4. The zero-order valence-corrected chi connectivity index (χ0v) is 17.7. The van der Waals surface area contributed by atoms with E-state index >= 15 is 0 Å². The molecular formula is C22H20N4O3S. The second-order valence-electron chi connectivity index (χ2n) is 7.39. The number of carbonyl (C=O) groups excluding carboxylic acids is 1. The van der Waals surface area contributed by atoms with Crippen LogP contribution in [0.25, 0.3) is 16.6 Å². The van der Waals surface area contributed by atoms with Crippen molar-refractivity contribution in [2.24, 2.45) is 0 Å². The Morgan fingerprint density at radius 2 is 1.90 bits per heavy atom. The van der Waals surface area contributed by atoms with Crippen molar-refractivity contribution in [3.63, 3.8) is 0 Å². The summed E-state index contributed by atoms with van der Waals surface area (Å²) in [6.45, 7) is 6.48. The Labute approximate surface area is 177 Å². The topological polar surface area (TPSA) is 77.8 Å². The molecule has 1 aliphatic rings. The number of pyridine rings is 1. The van der Waals surface area contributed by atoms with E-state index < -0.39 is 0 Å². The van der Waals surface area contributed by atoms with Gasteiger partial charge in [0.2, 0.25) is 12.7 Å². The molecule has 0 unspecified atom stereocenters. The number of fused-ring (bicyclic) bond motifs is 4. The Bertz CT molecular complexity index is 1320. The summed E-state index contributed by atoms with van der Waals surface area (Å²) >= 11 is 1.36. The lowest BCUT2D eigenvalue weighted by molar-refractivity contribution is -0.113. The zero-order valence-electron chi connectivity index (χ0n) is 16.9. The van der Waals surface area contributed by atoms with Crippen LogP contribution in [-0.2, 0) is 4.79 Å². The summed E-state index contributed by atoms with van der Waals surface area (Å²) in [7, 11) is 0. The second-order valence-corrected chi connectivity index (χ2v) is 8.33. The molecule has 2 aromatic carbocycles. The lowest BCUT2D eigenvalue weighted by atomic mass is 10.0. The van der Waals surface area contributed by atoms with Crippen LogP contribution in [0, 0.1) is 20.8 Å². The van der Waals surface area contributed by atoms with Crippen LogP contribution in [0.3, 0.4) is 0 Å². The zero-order chi connectivity index (χ0) is 20.8. The summed E-state index contributed by atoms with van der Waals surface area (Å²) in [5.41, 5.74) is 6.07. The van der Waals surface area contributed by atoms with Gasteiger partial charge in [-0.2, -0.15) is 0 Å². The molecule has 1 amide bonds. The van der Waals surface area contributed by atoms with Crippen LogP contribution < -0.4 is 14.8 Å². The molecule has 0 bridgehead atoms. The minimum absolute atomic E-state index is 0.125. The molecule has 0 spiro atoms. The average Bonchev–Trinajstić information content (AvgIpc) is 3.32. The van der Waals surface area contributed by atoms with Gasteiger partial charge in [0.15, 0.2) is 22.3 Å². The van der Waals surface area contributed by atoms with Gasteiger partial charge in [-0.1, -0.05) is 23.4 Å². The number of anilines is 1. The number of hydrogen-bond donors (Lipinski definition) is 1. The molecule has 0 saturated heterocycles. The van der Waals surface area contributed by atoms with E-state index in [4.69, 9.17) is 9.47 Å². The summed E-state index contributed by atoms with van der Waals surface area (Å²) in [5.74, 6) is 1.41. The monoisotopic (exact) mass is 420 g/mol. The first-order valence-corrected chi connectivity index (χ1v) is 10.6. The first-order valence-electron chi connectivity index (χ1n) is 9.57. The number of benzene rings is 2. The van der Waals surface area contributed by atoms with Crippen molar-refractivity contribution < 1.29 is 14.3 Å². The molecule has 2 aromatic heterocycles. The Hall–Kier alpha value is -3.26. The van der Waals surface area contributed by atoms with Gasteiger partial charge >= 0.3 is 0 Å². The molecule has 0 fully saturated rings. The molecule has 5 rings (SSSR count). The van der Waals surface area contributed by atoms with Gasteiger partial charge in [0, 0.05) is 17.1 Å². The number of carbonyl (C=O) groups is 1. The van der Waals surface area contributed by atoms with Gasteiger partial charge in [0.1, 0.15) is 0 Å². The van der Waals surface area contributed by atoms with E-state index in [1.807, 2.05) is 10.5 Å². The van der Waals surface area contributed by atoms with E-state index in [0.29, 0.717) is 22.3 Å². The fourth-order valence-corrected chi connectivity index (χ4v) is 4.55. The normalized spacial score (nSPS) is 12.6. The molecule has 152 valence electrons. The molecule has 0 aliphatic carbocycles. The molecule has 4 aromatic rings. The molecule has 3 heterocycles. The summed E-state index contributed by atoms with van der Waals surface area (Å²) in [5, 5.41) is 13.4. The molecule has 8 heteroatoms. The number of aromatic nitrogens is 3.